The molecule has 7 nitrogen and oxygen atoms in total. The zero-order chi connectivity index (χ0) is 14.4. The van der Waals surface area contributed by atoms with Gasteiger partial charge in [-0.25, -0.2) is 0 Å². The molecule has 0 saturated carbocycles. The number of ether oxygens (including phenoxy) is 3. The smallest absolute Gasteiger partial charge is 0.233 e. The molecule has 0 spiro atoms. The highest BCUT2D eigenvalue weighted by Gasteiger charge is 2.15. The fourth-order valence-electron chi connectivity index (χ4n) is 1.68. The summed E-state index contributed by atoms with van der Waals surface area (Å²) >= 11 is 0. The molecule has 0 unspecified atom stereocenters. The Morgan fingerprint density at radius 2 is 2.05 bits per heavy atom. The Kier molecular flexibility index (Phi) is 4.78. The van der Waals surface area contributed by atoms with Crippen LogP contribution in [0.2, 0.25) is 0 Å². The van der Waals surface area contributed by atoms with E-state index in [-0.39, 0.29) is 19.1 Å². The Labute approximate surface area is 116 Å². The zero-order valence-electron chi connectivity index (χ0n) is 11.1. The fourth-order valence-corrected chi connectivity index (χ4v) is 1.68. The van der Waals surface area contributed by atoms with Crippen LogP contribution in [0.15, 0.2) is 18.2 Å². The van der Waals surface area contributed by atoms with E-state index in [0.29, 0.717) is 30.3 Å². The molecular formula is C13H16N2O5. The molecule has 7 heteroatoms. The van der Waals surface area contributed by atoms with E-state index in [2.05, 4.69) is 10.6 Å². The van der Waals surface area contributed by atoms with E-state index in [1.54, 1.807) is 25.3 Å². The first-order valence-corrected chi connectivity index (χ1v) is 6.14. The Morgan fingerprint density at radius 3 is 2.85 bits per heavy atom. The molecule has 1 aromatic carbocycles. The van der Waals surface area contributed by atoms with Crippen molar-refractivity contribution in [2.24, 2.45) is 0 Å². The largest absolute Gasteiger partial charge is 0.454 e. The molecule has 108 valence electrons. The highest BCUT2D eigenvalue weighted by molar-refractivity contribution is 6.03. The Hall–Kier alpha value is -2.28. The van der Waals surface area contributed by atoms with Crippen molar-refractivity contribution in [3.63, 3.8) is 0 Å². The van der Waals surface area contributed by atoms with Crippen molar-refractivity contribution >= 4 is 17.5 Å². The maximum atomic E-state index is 11.7. The minimum absolute atomic E-state index is 0.175. The maximum Gasteiger partial charge on any atom is 0.233 e. The number of amides is 2. The molecule has 0 fully saturated rings. The number of anilines is 1. The van der Waals surface area contributed by atoms with E-state index in [0.717, 1.165) is 0 Å². The highest BCUT2D eigenvalue weighted by atomic mass is 16.7. The topological polar surface area (TPSA) is 85.9 Å². The van der Waals surface area contributed by atoms with Crippen molar-refractivity contribution < 1.29 is 23.8 Å². The Bertz CT molecular complexity index is 504. The third-order valence-corrected chi connectivity index (χ3v) is 2.61. The Balaban J connectivity index is 1.81. The molecule has 1 heterocycles. The first-order chi connectivity index (χ1) is 9.69. The molecular weight excluding hydrogens is 264 g/mol. The van der Waals surface area contributed by atoms with Gasteiger partial charge in [0.15, 0.2) is 11.5 Å². The molecule has 1 aliphatic rings. The van der Waals surface area contributed by atoms with Gasteiger partial charge in [-0.15, -0.1) is 0 Å². The number of hydrogen-bond donors (Lipinski definition) is 2. The van der Waals surface area contributed by atoms with E-state index >= 15 is 0 Å². The monoisotopic (exact) mass is 280 g/mol. The van der Waals surface area contributed by atoms with Gasteiger partial charge in [-0.1, -0.05) is 0 Å². The van der Waals surface area contributed by atoms with E-state index in [4.69, 9.17) is 14.2 Å². The van der Waals surface area contributed by atoms with Gasteiger partial charge in [0.2, 0.25) is 18.6 Å². The van der Waals surface area contributed by atoms with Crippen LogP contribution in [0.4, 0.5) is 5.69 Å². The SMILES string of the molecule is COCCNC(=O)CC(=O)Nc1ccc2c(c1)OCO2. The van der Waals surface area contributed by atoms with Crippen molar-refractivity contribution in [1.29, 1.82) is 0 Å². The van der Waals surface area contributed by atoms with Crippen molar-refractivity contribution in [1.82, 2.24) is 5.32 Å². The molecule has 0 aromatic heterocycles. The number of benzene rings is 1. The summed E-state index contributed by atoms with van der Waals surface area (Å²) in [6.45, 7) is 0.969. The molecule has 2 amide bonds. The van der Waals surface area contributed by atoms with Crippen LogP contribution >= 0.6 is 0 Å². The summed E-state index contributed by atoms with van der Waals surface area (Å²) in [4.78, 5) is 23.1. The van der Waals surface area contributed by atoms with E-state index in [9.17, 15) is 9.59 Å². The summed E-state index contributed by atoms with van der Waals surface area (Å²) in [5.74, 6) is 0.478. The van der Waals surface area contributed by atoms with E-state index in [1.807, 2.05) is 0 Å². The third-order valence-electron chi connectivity index (χ3n) is 2.61. The van der Waals surface area contributed by atoms with Crippen LogP contribution in [-0.2, 0) is 14.3 Å². The lowest BCUT2D eigenvalue weighted by Gasteiger charge is -2.07. The third kappa shape index (κ3) is 3.86. The van der Waals surface area contributed by atoms with Crippen molar-refractivity contribution in [2.45, 2.75) is 6.42 Å². The lowest BCUT2D eigenvalue weighted by atomic mass is 10.2. The van der Waals surface area contributed by atoms with E-state index < -0.39 is 5.91 Å². The van der Waals surface area contributed by atoms with Gasteiger partial charge in [0.05, 0.1) is 6.61 Å². The Morgan fingerprint density at radius 1 is 1.25 bits per heavy atom. The molecule has 1 aromatic rings. The van der Waals surface area contributed by atoms with Gasteiger partial charge in [0.1, 0.15) is 6.42 Å². The first-order valence-electron chi connectivity index (χ1n) is 6.14. The fraction of sp³-hybridized carbons (Fsp3) is 0.385. The quantitative estimate of drug-likeness (QED) is 0.585. The van der Waals surface area contributed by atoms with Crippen LogP contribution in [0, 0.1) is 0 Å². The van der Waals surface area contributed by atoms with Gasteiger partial charge in [0, 0.05) is 25.4 Å². The minimum atomic E-state index is -0.390. The summed E-state index contributed by atoms with van der Waals surface area (Å²) in [5.41, 5.74) is 0.559. The molecule has 2 N–H and O–H groups in total. The van der Waals surface area contributed by atoms with Crippen LogP contribution in [-0.4, -0.2) is 38.9 Å². The van der Waals surface area contributed by atoms with Gasteiger partial charge in [-0.2, -0.15) is 0 Å². The molecule has 0 aliphatic carbocycles. The highest BCUT2D eigenvalue weighted by Crippen LogP contribution is 2.34. The summed E-state index contributed by atoms with van der Waals surface area (Å²) in [5, 5.41) is 5.20. The standard InChI is InChI=1S/C13H16N2O5/c1-18-5-4-14-12(16)7-13(17)15-9-2-3-10-11(6-9)20-8-19-10/h2-3,6H,4-5,7-8H2,1H3,(H,14,16)(H,15,17). The number of methoxy groups -OCH3 is 1. The molecule has 0 bridgehead atoms. The van der Waals surface area contributed by atoms with Crippen molar-refractivity contribution in [3.8, 4) is 11.5 Å². The van der Waals surface area contributed by atoms with Crippen LogP contribution < -0.4 is 20.1 Å². The second kappa shape index (κ2) is 6.76. The average Bonchev–Trinajstić information content (AvgIpc) is 2.86. The van der Waals surface area contributed by atoms with Crippen LogP contribution in [0.3, 0.4) is 0 Å². The second-order valence-electron chi connectivity index (χ2n) is 4.14. The number of carbonyl (C=O) groups is 2. The first kappa shape index (κ1) is 14.1. The second-order valence-corrected chi connectivity index (χ2v) is 4.14. The van der Waals surface area contributed by atoms with Gasteiger partial charge in [-0.05, 0) is 12.1 Å². The number of rotatable bonds is 6. The van der Waals surface area contributed by atoms with Gasteiger partial charge < -0.3 is 24.8 Å². The molecule has 1 aliphatic heterocycles. The maximum absolute atomic E-state index is 11.7. The number of fused-ring (bicyclic) bond motifs is 1. The van der Waals surface area contributed by atoms with Gasteiger partial charge in [0.25, 0.3) is 0 Å². The summed E-state index contributed by atoms with van der Waals surface area (Å²) < 4.78 is 15.2. The van der Waals surface area contributed by atoms with Crippen LogP contribution in [0.25, 0.3) is 0 Å². The molecule has 20 heavy (non-hydrogen) atoms. The molecule has 2 rings (SSSR count). The summed E-state index contributed by atoms with van der Waals surface area (Å²) in [6, 6.07) is 5.05. The molecule has 0 radical (unpaired) electrons. The van der Waals surface area contributed by atoms with Crippen LogP contribution in [0.5, 0.6) is 11.5 Å². The van der Waals surface area contributed by atoms with E-state index in [1.165, 1.54) is 0 Å². The average molecular weight is 280 g/mol. The predicted octanol–water partition coefficient (Wildman–Crippen LogP) is 0.506. The normalized spacial score (nSPS) is 12.1. The van der Waals surface area contributed by atoms with Gasteiger partial charge in [-0.3, -0.25) is 9.59 Å². The summed E-state index contributed by atoms with van der Waals surface area (Å²) in [6.07, 6.45) is -0.238. The number of hydrogen-bond acceptors (Lipinski definition) is 5. The molecule has 0 atom stereocenters. The minimum Gasteiger partial charge on any atom is -0.454 e. The van der Waals surface area contributed by atoms with Crippen molar-refractivity contribution in [3.05, 3.63) is 18.2 Å². The number of carbonyl (C=O) groups excluding carboxylic acids is 2. The molecule has 0 saturated heterocycles. The van der Waals surface area contributed by atoms with Gasteiger partial charge >= 0.3 is 0 Å². The zero-order valence-corrected chi connectivity index (χ0v) is 11.1. The van der Waals surface area contributed by atoms with Crippen molar-refractivity contribution in [2.75, 3.05) is 32.4 Å². The predicted molar refractivity (Wildman–Crippen MR) is 70.7 cm³/mol. The lowest BCUT2D eigenvalue weighted by Crippen LogP contribution is -2.30. The van der Waals surface area contributed by atoms with Crippen LogP contribution in [0.1, 0.15) is 6.42 Å². The number of nitrogens with one attached hydrogen (secondary N) is 2. The lowest BCUT2D eigenvalue weighted by molar-refractivity contribution is -0.126. The summed E-state index contributed by atoms with van der Waals surface area (Å²) in [7, 11) is 1.54.